The SMILES string of the molecule is Cc1cc(F)cc(C(=O)c2cc3c(s2)CCCC3)c1. The predicted octanol–water partition coefficient (Wildman–Crippen LogP) is 4.31. The Balaban J connectivity index is 1.97. The van der Waals surface area contributed by atoms with Crippen LogP contribution < -0.4 is 0 Å². The first-order valence-corrected chi connectivity index (χ1v) is 7.38. The van der Waals surface area contributed by atoms with E-state index in [4.69, 9.17) is 0 Å². The Morgan fingerprint density at radius 2 is 1.95 bits per heavy atom. The molecule has 0 saturated carbocycles. The molecule has 0 spiro atoms. The van der Waals surface area contributed by atoms with Crippen molar-refractivity contribution in [2.24, 2.45) is 0 Å². The highest BCUT2D eigenvalue weighted by Crippen LogP contribution is 2.31. The van der Waals surface area contributed by atoms with Gasteiger partial charge in [-0.3, -0.25) is 4.79 Å². The number of halogens is 1. The molecule has 1 nitrogen and oxygen atoms in total. The minimum atomic E-state index is -0.343. The second-order valence-electron chi connectivity index (χ2n) is 5.11. The van der Waals surface area contributed by atoms with Gasteiger partial charge in [0.05, 0.1) is 4.88 Å². The number of carbonyl (C=O) groups excluding carboxylic acids is 1. The lowest BCUT2D eigenvalue weighted by molar-refractivity contribution is 0.104. The second-order valence-corrected chi connectivity index (χ2v) is 6.25. The summed E-state index contributed by atoms with van der Waals surface area (Å²) in [6.45, 7) is 1.80. The van der Waals surface area contributed by atoms with Crippen molar-refractivity contribution in [3.05, 3.63) is 56.5 Å². The number of hydrogen-bond donors (Lipinski definition) is 0. The molecular formula is C16H15FOS. The van der Waals surface area contributed by atoms with Gasteiger partial charge in [0.2, 0.25) is 5.78 Å². The molecule has 0 radical (unpaired) electrons. The summed E-state index contributed by atoms with van der Waals surface area (Å²) in [5.74, 6) is -0.397. The molecule has 0 saturated heterocycles. The standard InChI is InChI=1S/C16H15FOS/c1-10-6-12(8-13(17)7-10)16(18)15-9-11-4-2-3-5-14(11)19-15/h6-9H,2-5H2,1H3. The van der Waals surface area contributed by atoms with Crippen molar-refractivity contribution in [3.8, 4) is 0 Å². The van der Waals surface area contributed by atoms with Gasteiger partial charge in [-0.25, -0.2) is 4.39 Å². The maximum absolute atomic E-state index is 13.4. The van der Waals surface area contributed by atoms with Gasteiger partial charge in [-0.05, 0) is 68.0 Å². The Morgan fingerprint density at radius 3 is 2.68 bits per heavy atom. The van der Waals surface area contributed by atoms with Crippen LogP contribution in [0.2, 0.25) is 0 Å². The molecule has 0 bridgehead atoms. The van der Waals surface area contributed by atoms with Gasteiger partial charge in [0.25, 0.3) is 0 Å². The van der Waals surface area contributed by atoms with Crippen molar-refractivity contribution in [2.45, 2.75) is 32.6 Å². The molecule has 1 aromatic heterocycles. The molecule has 1 aromatic carbocycles. The molecule has 0 fully saturated rings. The van der Waals surface area contributed by atoms with Crippen LogP contribution in [-0.4, -0.2) is 5.78 Å². The third-order valence-electron chi connectivity index (χ3n) is 3.52. The lowest BCUT2D eigenvalue weighted by atomic mass is 9.98. The number of benzene rings is 1. The Hall–Kier alpha value is -1.48. The lowest BCUT2D eigenvalue weighted by Crippen LogP contribution is -2.00. The smallest absolute Gasteiger partial charge is 0.203 e. The van der Waals surface area contributed by atoms with Crippen molar-refractivity contribution in [1.82, 2.24) is 0 Å². The van der Waals surface area contributed by atoms with Gasteiger partial charge in [-0.15, -0.1) is 11.3 Å². The molecule has 2 aromatic rings. The van der Waals surface area contributed by atoms with E-state index in [1.165, 1.54) is 35.4 Å². The first-order chi connectivity index (χ1) is 9.13. The van der Waals surface area contributed by atoms with Crippen molar-refractivity contribution < 1.29 is 9.18 Å². The number of ketones is 1. The highest BCUT2D eigenvalue weighted by molar-refractivity contribution is 7.14. The number of carbonyl (C=O) groups is 1. The number of hydrogen-bond acceptors (Lipinski definition) is 2. The molecule has 0 aliphatic heterocycles. The van der Waals surface area contributed by atoms with E-state index in [0.29, 0.717) is 5.56 Å². The van der Waals surface area contributed by atoms with Crippen LogP contribution in [0.25, 0.3) is 0 Å². The lowest BCUT2D eigenvalue weighted by Gasteiger charge is -2.08. The molecule has 0 N–H and O–H groups in total. The highest BCUT2D eigenvalue weighted by atomic mass is 32.1. The van der Waals surface area contributed by atoms with Crippen LogP contribution in [0.5, 0.6) is 0 Å². The molecule has 3 heteroatoms. The van der Waals surface area contributed by atoms with Gasteiger partial charge in [0.1, 0.15) is 5.82 Å². The van der Waals surface area contributed by atoms with Gasteiger partial charge >= 0.3 is 0 Å². The topological polar surface area (TPSA) is 17.1 Å². The van der Waals surface area contributed by atoms with Crippen molar-refractivity contribution >= 4 is 17.1 Å². The van der Waals surface area contributed by atoms with Gasteiger partial charge in [0.15, 0.2) is 0 Å². The fraction of sp³-hybridized carbons (Fsp3) is 0.312. The zero-order valence-corrected chi connectivity index (χ0v) is 11.6. The van der Waals surface area contributed by atoms with Crippen LogP contribution in [0, 0.1) is 12.7 Å². The van der Waals surface area contributed by atoms with Gasteiger partial charge in [-0.2, -0.15) is 0 Å². The van der Waals surface area contributed by atoms with Crippen LogP contribution in [-0.2, 0) is 12.8 Å². The van der Waals surface area contributed by atoms with E-state index in [2.05, 4.69) is 0 Å². The van der Waals surface area contributed by atoms with Gasteiger partial charge in [-0.1, -0.05) is 0 Å². The third kappa shape index (κ3) is 2.47. The molecule has 0 unspecified atom stereocenters. The van der Waals surface area contributed by atoms with E-state index < -0.39 is 0 Å². The van der Waals surface area contributed by atoms with Gasteiger partial charge < -0.3 is 0 Å². The highest BCUT2D eigenvalue weighted by Gasteiger charge is 2.18. The maximum Gasteiger partial charge on any atom is 0.203 e. The molecule has 3 rings (SSSR count). The quantitative estimate of drug-likeness (QED) is 0.746. The van der Waals surface area contributed by atoms with Crippen molar-refractivity contribution in [1.29, 1.82) is 0 Å². The Morgan fingerprint density at radius 1 is 1.16 bits per heavy atom. The molecule has 1 heterocycles. The summed E-state index contributed by atoms with van der Waals surface area (Å²) in [6.07, 6.45) is 4.56. The number of aryl methyl sites for hydroxylation is 3. The molecule has 19 heavy (non-hydrogen) atoms. The summed E-state index contributed by atoms with van der Waals surface area (Å²) in [6, 6.07) is 6.52. The Labute approximate surface area is 116 Å². The van der Waals surface area contributed by atoms with E-state index in [9.17, 15) is 9.18 Å². The largest absolute Gasteiger partial charge is 0.288 e. The maximum atomic E-state index is 13.4. The molecule has 1 aliphatic rings. The Bertz CT molecular complexity index is 598. The van der Waals surface area contributed by atoms with Gasteiger partial charge in [0, 0.05) is 10.4 Å². The Kier molecular flexibility index (Phi) is 3.23. The fourth-order valence-corrected chi connectivity index (χ4v) is 3.83. The number of thiophene rings is 1. The minimum Gasteiger partial charge on any atom is -0.288 e. The van der Waals surface area contributed by atoms with Crippen LogP contribution in [0.1, 0.15) is 44.1 Å². The summed E-state index contributed by atoms with van der Waals surface area (Å²) in [7, 11) is 0. The third-order valence-corrected chi connectivity index (χ3v) is 4.76. The first-order valence-electron chi connectivity index (χ1n) is 6.57. The zero-order chi connectivity index (χ0) is 13.4. The summed E-state index contributed by atoms with van der Waals surface area (Å²) >= 11 is 1.58. The summed E-state index contributed by atoms with van der Waals surface area (Å²) in [5.41, 5.74) is 2.55. The summed E-state index contributed by atoms with van der Waals surface area (Å²) in [4.78, 5) is 14.5. The predicted molar refractivity (Wildman–Crippen MR) is 75.5 cm³/mol. The van der Waals surface area contributed by atoms with E-state index >= 15 is 0 Å². The monoisotopic (exact) mass is 274 g/mol. The van der Waals surface area contributed by atoms with Crippen LogP contribution in [0.4, 0.5) is 4.39 Å². The van der Waals surface area contributed by atoms with Crippen LogP contribution >= 0.6 is 11.3 Å². The number of rotatable bonds is 2. The normalized spacial score (nSPS) is 14.2. The molecular weight excluding hydrogens is 259 g/mol. The fourth-order valence-electron chi connectivity index (χ4n) is 2.61. The second kappa shape index (κ2) is 4.89. The van der Waals surface area contributed by atoms with Crippen LogP contribution in [0.3, 0.4) is 0 Å². The molecule has 98 valence electrons. The average Bonchev–Trinajstić information content (AvgIpc) is 2.80. The molecule has 1 aliphatic carbocycles. The summed E-state index contributed by atoms with van der Waals surface area (Å²) < 4.78 is 13.4. The number of fused-ring (bicyclic) bond motifs is 1. The van der Waals surface area contributed by atoms with E-state index in [1.807, 2.05) is 6.07 Å². The molecule has 0 atom stereocenters. The van der Waals surface area contributed by atoms with Crippen molar-refractivity contribution in [2.75, 3.05) is 0 Å². The van der Waals surface area contributed by atoms with E-state index in [0.717, 1.165) is 23.3 Å². The van der Waals surface area contributed by atoms with E-state index in [-0.39, 0.29) is 11.6 Å². The first kappa shape index (κ1) is 12.5. The molecule has 0 amide bonds. The minimum absolute atomic E-state index is 0.0537. The van der Waals surface area contributed by atoms with Crippen molar-refractivity contribution in [3.63, 3.8) is 0 Å². The average molecular weight is 274 g/mol. The van der Waals surface area contributed by atoms with E-state index in [1.54, 1.807) is 24.3 Å². The zero-order valence-electron chi connectivity index (χ0n) is 10.8. The summed E-state index contributed by atoms with van der Waals surface area (Å²) in [5, 5.41) is 0. The van der Waals surface area contributed by atoms with Crippen LogP contribution in [0.15, 0.2) is 24.3 Å².